The van der Waals surface area contributed by atoms with Crippen LogP contribution in [0.2, 0.25) is 0 Å². The second kappa shape index (κ2) is 4.72. The Hall–Kier alpha value is -1.78. The lowest BCUT2D eigenvalue weighted by molar-refractivity contribution is 0.116. The lowest BCUT2D eigenvalue weighted by Crippen LogP contribution is -2.36. The zero-order chi connectivity index (χ0) is 13.4. The number of fused-ring (bicyclic) bond motifs is 2. The molecule has 2 bridgehead atoms. The van der Waals surface area contributed by atoms with Crippen LogP contribution in [0, 0.1) is 0 Å². The summed E-state index contributed by atoms with van der Waals surface area (Å²) < 4.78 is 10.2. The van der Waals surface area contributed by atoms with Crippen molar-refractivity contribution in [3.63, 3.8) is 0 Å². The average Bonchev–Trinajstić information content (AvgIpc) is 3.04. The average molecular weight is 262 g/mol. The fourth-order valence-electron chi connectivity index (χ4n) is 3.57. The summed E-state index contributed by atoms with van der Waals surface area (Å²) in [5.74, 6) is 0.978. The molecule has 0 aliphatic carbocycles. The SMILES string of the molecule is COC(=O)N1C2CCC1C(c1cccnc1OC)C2. The van der Waals surface area contributed by atoms with E-state index < -0.39 is 0 Å². The zero-order valence-corrected chi connectivity index (χ0v) is 11.2. The summed E-state index contributed by atoms with van der Waals surface area (Å²) in [7, 11) is 3.08. The smallest absolute Gasteiger partial charge is 0.410 e. The van der Waals surface area contributed by atoms with E-state index >= 15 is 0 Å². The van der Waals surface area contributed by atoms with E-state index in [9.17, 15) is 4.79 Å². The lowest BCUT2D eigenvalue weighted by Gasteiger charge is -2.24. The molecular formula is C14H18N2O3. The van der Waals surface area contributed by atoms with Crippen LogP contribution in [-0.4, -0.2) is 42.3 Å². The predicted molar refractivity (Wildman–Crippen MR) is 69.2 cm³/mol. The van der Waals surface area contributed by atoms with Crippen LogP contribution < -0.4 is 4.74 Å². The topological polar surface area (TPSA) is 51.7 Å². The Labute approximate surface area is 112 Å². The van der Waals surface area contributed by atoms with E-state index in [4.69, 9.17) is 9.47 Å². The minimum absolute atomic E-state index is 0.210. The third-order valence-corrected chi connectivity index (χ3v) is 4.32. The first-order valence-corrected chi connectivity index (χ1v) is 6.61. The van der Waals surface area contributed by atoms with Gasteiger partial charge in [-0.3, -0.25) is 0 Å². The van der Waals surface area contributed by atoms with Crippen molar-refractivity contribution in [1.82, 2.24) is 9.88 Å². The van der Waals surface area contributed by atoms with Gasteiger partial charge in [-0.2, -0.15) is 0 Å². The van der Waals surface area contributed by atoms with Gasteiger partial charge in [0.1, 0.15) is 0 Å². The second-order valence-corrected chi connectivity index (χ2v) is 5.12. The summed E-state index contributed by atoms with van der Waals surface area (Å²) >= 11 is 0. The molecule has 1 amide bonds. The number of amides is 1. The Balaban J connectivity index is 1.90. The van der Waals surface area contributed by atoms with Gasteiger partial charge in [0.15, 0.2) is 0 Å². The molecule has 0 N–H and O–H groups in total. The van der Waals surface area contributed by atoms with Crippen molar-refractivity contribution in [1.29, 1.82) is 0 Å². The number of hydrogen-bond donors (Lipinski definition) is 0. The highest BCUT2D eigenvalue weighted by molar-refractivity contribution is 5.69. The number of methoxy groups -OCH3 is 2. The van der Waals surface area contributed by atoms with E-state index in [0.29, 0.717) is 17.8 Å². The quantitative estimate of drug-likeness (QED) is 0.819. The van der Waals surface area contributed by atoms with Gasteiger partial charge < -0.3 is 14.4 Å². The summed E-state index contributed by atoms with van der Waals surface area (Å²) in [5, 5.41) is 0. The number of carbonyl (C=O) groups excluding carboxylic acids is 1. The van der Waals surface area contributed by atoms with Gasteiger partial charge in [0, 0.05) is 29.8 Å². The molecule has 2 aliphatic heterocycles. The number of ether oxygens (including phenoxy) is 2. The molecule has 5 heteroatoms. The third kappa shape index (κ3) is 1.84. The Morgan fingerprint density at radius 1 is 1.42 bits per heavy atom. The maximum atomic E-state index is 11.9. The van der Waals surface area contributed by atoms with E-state index in [-0.39, 0.29) is 12.1 Å². The maximum Gasteiger partial charge on any atom is 0.410 e. The van der Waals surface area contributed by atoms with Crippen LogP contribution in [-0.2, 0) is 4.74 Å². The molecule has 19 heavy (non-hydrogen) atoms. The molecule has 2 fully saturated rings. The van der Waals surface area contributed by atoms with Crippen LogP contribution in [0.5, 0.6) is 5.88 Å². The summed E-state index contributed by atoms with van der Waals surface area (Å²) in [4.78, 5) is 18.0. The first-order valence-electron chi connectivity index (χ1n) is 6.61. The summed E-state index contributed by atoms with van der Waals surface area (Å²) in [6.45, 7) is 0. The van der Waals surface area contributed by atoms with Crippen LogP contribution in [0.3, 0.4) is 0 Å². The number of carbonyl (C=O) groups is 1. The van der Waals surface area contributed by atoms with Crippen LogP contribution >= 0.6 is 0 Å². The van der Waals surface area contributed by atoms with Crippen molar-refractivity contribution < 1.29 is 14.3 Å². The summed E-state index contributed by atoms with van der Waals surface area (Å²) in [6, 6.07) is 4.49. The second-order valence-electron chi connectivity index (χ2n) is 5.12. The molecule has 102 valence electrons. The zero-order valence-electron chi connectivity index (χ0n) is 11.2. The predicted octanol–water partition coefficient (Wildman–Crippen LogP) is 2.18. The van der Waals surface area contributed by atoms with Gasteiger partial charge >= 0.3 is 6.09 Å². The molecule has 5 nitrogen and oxygen atoms in total. The van der Waals surface area contributed by atoms with Gasteiger partial charge in [-0.25, -0.2) is 9.78 Å². The maximum absolute atomic E-state index is 11.9. The molecular weight excluding hydrogens is 244 g/mol. The Bertz CT molecular complexity index is 491. The molecule has 1 aromatic heterocycles. The normalized spacial score (nSPS) is 28.5. The fourth-order valence-corrected chi connectivity index (χ4v) is 3.57. The number of rotatable bonds is 2. The highest BCUT2D eigenvalue weighted by Gasteiger charge is 2.50. The van der Waals surface area contributed by atoms with Crippen LogP contribution in [0.1, 0.15) is 30.7 Å². The molecule has 3 rings (SSSR count). The molecule has 0 spiro atoms. The van der Waals surface area contributed by atoms with E-state index in [1.165, 1.54) is 7.11 Å². The first kappa shape index (κ1) is 12.3. The third-order valence-electron chi connectivity index (χ3n) is 4.32. The van der Waals surface area contributed by atoms with Gasteiger partial charge in [-0.15, -0.1) is 0 Å². The van der Waals surface area contributed by atoms with Crippen molar-refractivity contribution >= 4 is 6.09 Å². The van der Waals surface area contributed by atoms with Gasteiger partial charge in [0.05, 0.1) is 14.2 Å². The van der Waals surface area contributed by atoms with Crippen molar-refractivity contribution in [2.45, 2.75) is 37.3 Å². The molecule has 3 atom stereocenters. The number of nitrogens with zero attached hydrogens (tertiary/aromatic N) is 2. The highest BCUT2D eigenvalue weighted by atomic mass is 16.5. The van der Waals surface area contributed by atoms with Crippen molar-refractivity contribution in [3.05, 3.63) is 23.9 Å². The lowest BCUT2D eigenvalue weighted by atomic mass is 9.84. The monoisotopic (exact) mass is 262 g/mol. The van der Waals surface area contributed by atoms with Crippen LogP contribution in [0.25, 0.3) is 0 Å². The van der Waals surface area contributed by atoms with Crippen molar-refractivity contribution in [2.24, 2.45) is 0 Å². The molecule has 0 radical (unpaired) electrons. The molecule has 3 unspecified atom stereocenters. The van der Waals surface area contributed by atoms with E-state index in [0.717, 1.165) is 24.8 Å². The van der Waals surface area contributed by atoms with E-state index in [2.05, 4.69) is 4.98 Å². The molecule has 0 saturated carbocycles. The molecule has 0 aromatic carbocycles. The van der Waals surface area contributed by atoms with Gasteiger partial charge in [-0.05, 0) is 25.3 Å². The van der Waals surface area contributed by atoms with Crippen molar-refractivity contribution in [2.75, 3.05) is 14.2 Å². The summed E-state index contributed by atoms with van der Waals surface area (Å²) in [5.41, 5.74) is 1.10. The Morgan fingerprint density at radius 3 is 3.00 bits per heavy atom. The Kier molecular flexibility index (Phi) is 3.05. The van der Waals surface area contributed by atoms with Gasteiger partial charge in [-0.1, -0.05) is 6.07 Å². The Morgan fingerprint density at radius 2 is 2.26 bits per heavy atom. The molecule has 3 heterocycles. The minimum atomic E-state index is -0.210. The first-order chi connectivity index (χ1) is 9.26. The van der Waals surface area contributed by atoms with E-state index in [1.54, 1.807) is 13.3 Å². The summed E-state index contributed by atoms with van der Waals surface area (Å²) in [6.07, 6.45) is 4.59. The highest BCUT2D eigenvalue weighted by Crippen LogP contribution is 2.48. The molecule has 2 aliphatic rings. The van der Waals surface area contributed by atoms with Crippen LogP contribution in [0.4, 0.5) is 4.79 Å². The van der Waals surface area contributed by atoms with Gasteiger partial charge in [0.2, 0.25) is 5.88 Å². The van der Waals surface area contributed by atoms with Crippen LogP contribution in [0.15, 0.2) is 18.3 Å². The number of pyridine rings is 1. The van der Waals surface area contributed by atoms with Crippen molar-refractivity contribution in [3.8, 4) is 5.88 Å². The minimum Gasteiger partial charge on any atom is -0.481 e. The number of aromatic nitrogens is 1. The van der Waals surface area contributed by atoms with Gasteiger partial charge in [0.25, 0.3) is 0 Å². The molecule has 2 saturated heterocycles. The number of hydrogen-bond acceptors (Lipinski definition) is 4. The largest absolute Gasteiger partial charge is 0.481 e. The standard InChI is InChI=1S/C14H18N2O3/c1-18-13-10(4-3-7-15-13)11-8-9-5-6-12(11)16(9)14(17)19-2/h3-4,7,9,11-12H,5-6,8H2,1-2H3. The van der Waals surface area contributed by atoms with E-state index in [1.807, 2.05) is 17.0 Å². The fraction of sp³-hybridized carbons (Fsp3) is 0.571. The molecule has 1 aromatic rings.